The summed E-state index contributed by atoms with van der Waals surface area (Å²) in [6.45, 7) is 3.80. The lowest BCUT2D eigenvalue weighted by Crippen LogP contribution is -2.52. The third-order valence-corrected chi connectivity index (χ3v) is 5.22. The predicted octanol–water partition coefficient (Wildman–Crippen LogP) is 2.09. The molecule has 1 heterocycles. The number of benzene rings is 1. The average molecular weight is 297 g/mol. The molecule has 108 valence electrons. The van der Waals surface area contributed by atoms with Crippen LogP contribution in [0.15, 0.2) is 23.1 Å². The highest BCUT2D eigenvalue weighted by Crippen LogP contribution is 2.37. The lowest BCUT2D eigenvalue weighted by molar-refractivity contribution is -0.120. The SMILES string of the molecule is CC(=O)c1ccc2c(c1)S(=O)C(C)(C)C(=O)N2CCF. The van der Waals surface area contributed by atoms with E-state index in [1.54, 1.807) is 26.0 Å². The van der Waals surface area contributed by atoms with Crippen molar-refractivity contribution in [2.75, 3.05) is 18.1 Å². The van der Waals surface area contributed by atoms with Crippen LogP contribution in [0.1, 0.15) is 31.1 Å². The monoisotopic (exact) mass is 297 g/mol. The van der Waals surface area contributed by atoms with E-state index in [1.807, 2.05) is 0 Å². The molecule has 1 unspecified atom stereocenters. The number of halogens is 1. The summed E-state index contributed by atoms with van der Waals surface area (Å²) >= 11 is 0. The van der Waals surface area contributed by atoms with Crippen LogP contribution in [-0.4, -0.2) is 33.9 Å². The Hall–Kier alpha value is -1.56. The van der Waals surface area contributed by atoms with Crippen LogP contribution >= 0.6 is 0 Å². The van der Waals surface area contributed by atoms with Gasteiger partial charge in [0.05, 0.1) is 27.9 Å². The Morgan fingerprint density at radius 3 is 2.60 bits per heavy atom. The van der Waals surface area contributed by atoms with E-state index >= 15 is 0 Å². The number of alkyl halides is 1. The van der Waals surface area contributed by atoms with Gasteiger partial charge in [-0.2, -0.15) is 0 Å². The number of hydrogen-bond donors (Lipinski definition) is 0. The number of carbonyl (C=O) groups is 2. The lowest BCUT2D eigenvalue weighted by atomic mass is 10.1. The summed E-state index contributed by atoms with van der Waals surface area (Å²) in [7, 11) is -1.57. The van der Waals surface area contributed by atoms with Gasteiger partial charge in [-0.05, 0) is 39.0 Å². The second-order valence-electron chi connectivity index (χ2n) is 5.16. The molecule has 0 spiro atoms. The Kier molecular flexibility index (Phi) is 3.77. The van der Waals surface area contributed by atoms with Crippen molar-refractivity contribution < 1.29 is 18.2 Å². The molecule has 0 fully saturated rings. The molecule has 1 aliphatic heterocycles. The predicted molar refractivity (Wildman–Crippen MR) is 75.3 cm³/mol. The van der Waals surface area contributed by atoms with Crippen LogP contribution < -0.4 is 4.90 Å². The van der Waals surface area contributed by atoms with Crippen LogP contribution in [0.4, 0.5) is 10.1 Å². The van der Waals surface area contributed by atoms with E-state index in [9.17, 15) is 18.2 Å². The highest BCUT2D eigenvalue weighted by atomic mass is 32.2. The van der Waals surface area contributed by atoms with Crippen LogP contribution in [0.2, 0.25) is 0 Å². The van der Waals surface area contributed by atoms with Crippen LogP contribution in [0, 0.1) is 0 Å². The lowest BCUT2D eigenvalue weighted by Gasteiger charge is -2.37. The number of anilines is 1. The summed E-state index contributed by atoms with van der Waals surface area (Å²) in [5.41, 5.74) is 0.859. The van der Waals surface area contributed by atoms with Crippen LogP contribution in [-0.2, 0) is 15.6 Å². The smallest absolute Gasteiger partial charge is 0.245 e. The highest BCUT2D eigenvalue weighted by molar-refractivity contribution is 7.87. The molecule has 0 saturated carbocycles. The summed E-state index contributed by atoms with van der Waals surface area (Å²) < 4.78 is 24.1. The van der Waals surface area contributed by atoms with E-state index in [2.05, 4.69) is 0 Å². The van der Waals surface area contributed by atoms with Crippen LogP contribution in [0.5, 0.6) is 0 Å². The average Bonchev–Trinajstić information content (AvgIpc) is 2.41. The van der Waals surface area contributed by atoms with Gasteiger partial charge in [0.1, 0.15) is 11.4 Å². The van der Waals surface area contributed by atoms with Crippen molar-refractivity contribution in [3.8, 4) is 0 Å². The molecule has 4 nitrogen and oxygen atoms in total. The van der Waals surface area contributed by atoms with E-state index in [4.69, 9.17) is 0 Å². The zero-order valence-electron chi connectivity index (χ0n) is 11.6. The maximum absolute atomic E-state index is 12.7. The Bertz CT molecular complexity index is 612. The van der Waals surface area contributed by atoms with E-state index in [0.29, 0.717) is 16.1 Å². The molecule has 2 rings (SSSR count). The number of hydrogen-bond acceptors (Lipinski definition) is 3. The molecule has 1 atom stereocenters. The Labute approximate surface area is 119 Å². The minimum absolute atomic E-state index is 0.0775. The van der Waals surface area contributed by atoms with Gasteiger partial charge in [0.25, 0.3) is 0 Å². The minimum atomic E-state index is -1.57. The van der Waals surface area contributed by atoms with Gasteiger partial charge in [-0.25, -0.2) is 4.39 Å². The molecule has 1 amide bonds. The second-order valence-corrected chi connectivity index (χ2v) is 7.16. The normalized spacial score (nSPS) is 20.7. The van der Waals surface area contributed by atoms with Gasteiger partial charge < -0.3 is 4.90 Å². The fourth-order valence-electron chi connectivity index (χ4n) is 2.20. The molecule has 1 aromatic rings. The fraction of sp³-hybridized carbons (Fsp3) is 0.429. The molecule has 1 aromatic carbocycles. The van der Waals surface area contributed by atoms with Gasteiger partial charge >= 0.3 is 0 Å². The van der Waals surface area contributed by atoms with Gasteiger partial charge in [-0.15, -0.1) is 0 Å². The third kappa shape index (κ3) is 2.18. The maximum atomic E-state index is 12.7. The van der Waals surface area contributed by atoms with Gasteiger partial charge in [0.15, 0.2) is 5.78 Å². The van der Waals surface area contributed by atoms with Crippen molar-refractivity contribution in [2.24, 2.45) is 0 Å². The largest absolute Gasteiger partial charge is 0.307 e. The highest BCUT2D eigenvalue weighted by Gasteiger charge is 2.45. The number of nitrogens with zero attached hydrogens (tertiary/aromatic N) is 1. The number of carbonyl (C=O) groups excluding carboxylic acids is 2. The summed E-state index contributed by atoms with van der Waals surface area (Å²) in [4.78, 5) is 25.5. The first-order valence-corrected chi connectivity index (χ1v) is 7.40. The van der Waals surface area contributed by atoms with Crippen molar-refractivity contribution in [1.29, 1.82) is 0 Å². The molecule has 0 radical (unpaired) electrons. The summed E-state index contributed by atoms with van der Waals surface area (Å²) in [5.74, 6) is -0.506. The van der Waals surface area contributed by atoms with Gasteiger partial charge in [-0.3, -0.25) is 13.8 Å². The van der Waals surface area contributed by atoms with E-state index in [0.717, 1.165) is 0 Å². The number of ketones is 1. The molecule has 0 saturated heterocycles. The van der Waals surface area contributed by atoms with Crippen molar-refractivity contribution in [3.05, 3.63) is 23.8 Å². The number of rotatable bonds is 3. The quantitative estimate of drug-likeness (QED) is 0.803. The molecule has 0 N–H and O–H groups in total. The first-order chi connectivity index (χ1) is 9.30. The molecule has 0 aromatic heterocycles. The molecule has 6 heteroatoms. The van der Waals surface area contributed by atoms with Crippen molar-refractivity contribution in [1.82, 2.24) is 0 Å². The molecule has 0 aliphatic carbocycles. The molecule has 0 bridgehead atoms. The zero-order valence-corrected chi connectivity index (χ0v) is 12.4. The summed E-state index contributed by atoms with van der Waals surface area (Å²) in [6.07, 6.45) is 0. The van der Waals surface area contributed by atoms with Crippen LogP contribution in [0.25, 0.3) is 0 Å². The van der Waals surface area contributed by atoms with Crippen molar-refractivity contribution >= 4 is 28.2 Å². The van der Waals surface area contributed by atoms with Crippen molar-refractivity contribution in [2.45, 2.75) is 30.4 Å². The fourth-order valence-corrected chi connectivity index (χ4v) is 3.62. The Morgan fingerprint density at radius 2 is 2.05 bits per heavy atom. The van der Waals surface area contributed by atoms with Gasteiger partial charge in [0, 0.05) is 5.56 Å². The number of Topliss-reactive ketones (excluding diaryl/α,β-unsaturated/α-hetero) is 1. The maximum Gasteiger partial charge on any atom is 0.245 e. The van der Waals surface area contributed by atoms with Gasteiger partial charge in [-0.1, -0.05) is 0 Å². The number of fused-ring (bicyclic) bond motifs is 1. The van der Waals surface area contributed by atoms with E-state index in [-0.39, 0.29) is 18.2 Å². The Morgan fingerprint density at radius 1 is 1.40 bits per heavy atom. The van der Waals surface area contributed by atoms with E-state index < -0.39 is 22.2 Å². The molecule has 20 heavy (non-hydrogen) atoms. The van der Waals surface area contributed by atoms with Gasteiger partial charge in [0.2, 0.25) is 5.91 Å². The topological polar surface area (TPSA) is 54.5 Å². The van der Waals surface area contributed by atoms with E-state index in [1.165, 1.54) is 17.9 Å². The molecular weight excluding hydrogens is 281 g/mol. The summed E-state index contributed by atoms with van der Waals surface area (Å²) in [6, 6.07) is 4.66. The minimum Gasteiger partial charge on any atom is -0.307 e. The second kappa shape index (κ2) is 5.09. The van der Waals surface area contributed by atoms with Crippen LogP contribution in [0.3, 0.4) is 0 Å². The standard InChI is InChI=1S/C14H16FNO3S/c1-9(17)10-4-5-11-12(8-10)20(19)14(2,3)13(18)16(11)7-6-15/h4-5,8H,6-7H2,1-3H3. The zero-order chi connectivity index (χ0) is 15.1. The molecule has 1 aliphatic rings. The van der Waals surface area contributed by atoms with Crippen molar-refractivity contribution in [3.63, 3.8) is 0 Å². The first-order valence-electron chi connectivity index (χ1n) is 6.25. The number of amides is 1. The Balaban J connectivity index is 2.64. The first kappa shape index (κ1) is 14.8. The molecular formula is C14H16FNO3S. The summed E-state index contributed by atoms with van der Waals surface area (Å²) in [5, 5.41) is 0. The third-order valence-electron chi connectivity index (χ3n) is 3.39.